The number of halogens is 1. The third-order valence-corrected chi connectivity index (χ3v) is 4.61. The summed E-state index contributed by atoms with van der Waals surface area (Å²) in [5.41, 5.74) is 1.58. The van der Waals surface area contributed by atoms with E-state index in [-0.39, 0.29) is 5.41 Å². The summed E-state index contributed by atoms with van der Waals surface area (Å²) in [6.45, 7) is 9.18. The SMILES string of the molecule is CC(C)(CNCC1CCNCC1)c1ccc(Br)cc1. The second-order valence-electron chi connectivity index (χ2n) is 6.22. The predicted molar refractivity (Wildman–Crippen MR) is 85.6 cm³/mol. The van der Waals surface area contributed by atoms with E-state index in [4.69, 9.17) is 0 Å². The average Bonchev–Trinajstić information content (AvgIpc) is 2.40. The molecule has 1 fully saturated rings. The summed E-state index contributed by atoms with van der Waals surface area (Å²) in [6, 6.07) is 8.69. The summed E-state index contributed by atoms with van der Waals surface area (Å²) in [5, 5.41) is 7.09. The molecule has 0 atom stereocenters. The van der Waals surface area contributed by atoms with Crippen LogP contribution in [0.5, 0.6) is 0 Å². The molecule has 2 N–H and O–H groups in total. The Bertz CT molecular complexity index is 380. The number of hydrogen-bond donors (Lipinski definition) is 2. The van der Waals surface area contributed by atoms with Crippen molar-refractivity contribution >= 4 is 15.9 Å². The maximum atomic E-state index is 3.67. The van der Waals surface area contributed by atoms with E-state index in [1.54, 1.807) is 0 Å². The zero-order valence-electron chi connectivity index (χ0n) is 12.0. The van der Waals surface area contributed by atoms with Crippen molar-refractivity contribution in [3.63, 3.8) is 0 Å². The lowest BCUT2D eigenvalue weighted by Crippen LogP contribution is -2.38. The van der Waals surface area contributed by atoms with Gasteiger partial charge in [0.15, 0.2) is 0 Å². The topological polar surface area (TPSA) is 24.1 Å². The van der Waals surface area contributed by atoms with Crippen molar-refractivity contribution in [2.24, 2.45) is 5.92 Å². The molecule has 0 spiro atoms. The van der Waals surface area contributed by atoms with Crippen LogP contribution in [0.15, 0.2) is 28.7 Å². The van der Waals surface area contributed by atoms with Gasteiger partial charge in [0.25, 0.3) is 0 Å². The van der Waals surface area contributed by atoms with Gasteiger partial charge in [-0.15, -0.1) is 0 Å². The van der Waals surface area contributed by atoms with Crippen LogP contribution in [0.1, 0.15) is 32.3 Å². The molecular formula is C16H25BrN2. The quantitative estimate of drug-likeness (QED) is 0.868. The van der Waals surface area contributed by atoms with Gasteiger partial charge in [0.2, 0.25) is 0 Å². The Labute approximate surface area is 125 Å². The van der Waals surface area contributed by atoms with Crippen LogP contribution in [0.25, 0.3) is 0 Å². The van der Waals surface area contributed by atoms with E-state index >= 15 is 0 Å². The van der Waals surface area contributed by atoms with Crippen molar-refractivity contribution in [3.8, 4) is 0 Å². The largest absolute Gasteiger partial charge is 0.317 e. The van der Waals surface area contributed by atoms with Gasteiger partial charge in [0.1, 0.15) is 0 Å². The Hall–Kier alpha value is -0.380. The van der Waals surface area contributed by atoms with Crippen LogP contribution >= 0.6 is 15.9 Å². The van der Waals surface area contributed by atoms with Crippen molar-refractivity contribution in [1.29, 1.82) is 0 Å². The lowest BCUT2D eigenvalue weighted by molar-refractivity contribution is 0.342. The third kappa shape index (κ3) is 4.59. The maximum absolute atomic E-state index is 3.67. The van der Waals surface area contributed by atoms with Crippen LogP contribution in [-0.2, 0) is 5.41 Å². The lowest BCUT2D eigenvalue weighted by atomic mass is 9.84. The van der Waals surface area contributed by atoms with Crippen molar-refractivity contribution in [1.82, 2.24) is 10.6 Å². The second-order valence-corrected chi connectivity index (χ2v) is 7.13. The van der Waals surface area contributed by atoms with Gasteiger partial charge >= 0.3 is 0 Å². The summed E-state index contributed by atoms with van der Waals surface area (Å²) in [4.78, 5) is 0. The third-order valence-electron chi connectivity index (χ3n) is 4.08. The molecule has 3 heteroatoms. The summed E-state index contributed by atoms with van der Waals surface area (Å²) in [7, 11) is 0. The Morgan fingerprint density at radius 1 is 1.21 bits per heavy atom. The number of benzene rings is 1. The molecule has 2 rings (SSSR count). The van der Waals surface area contributed by atoms with Gasteiger partial charge in [-0.25, -0.2) is 0 Å². The van der Waals surface area contributed by atoms with Gasteiger partial charge in [-0.3, -0.25) is 0 Å². The van der Waals surface area contributed by atoms with Crippen molar-refractivity contribution < 1.29 is 0 Å². The van der Waals surface area contributed by atoms with Gasteiger partial charge in [-0.1, -0.05) is 41.9 Å². The van der Waals surface area contributed by atoms with Crippen molar-refractivity contribution in [2.45, 2.75) is 32.1 Å². The summed E-state index contributed by atoms with van der Waals surface area (Å²) in [6.07, 6.45) is 2.62. The van der Waals surface area contributed by atoms with E-state index in [0.717, 1.165) is 23.5 Å². The Morgan fingerprint density at radius 2 is 1.84 bits per heavy atom. The highest BCUT2D eigenvalue weighted by molar-refractivity contribution is 9.10. The van der Waals surface area contributed by atoms with Crippen LogP contribution in [0.3, 0.4) is 0 Å². The zero-order chi connectivity index (χ0) is 13.7. The van der Waals surface area contributed by atoms with Gasteiger partial charge in [-0.05, 0) is 56.1 Å². The molecule has 1 saturated heterocycles. The van der Waals surface area contributed by atoms with Gasteiger partial charge < -0.3 is 10.6 Å². The highest BCUT2D eigenvalue weighted by Crippen LogP contribution is 2.24. The van der Waals surface area contributed by atoms with E-state index < -0.39 is 0 Å². The fraction of sp³-hybridized carbons (Fsp3) is 0.625. The van der Waals surface area contributed by atoms with Crippen molar-refractivity contribution in [2.75, 3.05) is 26.2 Å². The molecule has 1 aliphatic heterocycles. The van der Waals surface area contributed by atoms with Gasteiger partial charge in [0.05, 0.1) is 0 Å². The fourth-order valence-electron chi connectivity index (χ4n) is 2.68. The highest BCUT2D eigenvalue weighted by Gasteiger charge is 2.21. The maximum Gasteiger partial charge on any atom is 0.0175 e. The van der Waals surface area contributed by atoms with Crippen LogP contribution in [0, 0.1) is 5.92 Å². The molecule has 0 aromatic heterocycles. The normalized spacial score (nSPS) is 17.6. The zero-order valence-corrected chi connectivity index (χ0v) is 13.6. The predicted octanol–water partition coefficient (Wildman–Crippen LogP) is 3.32. The molecule has 1 aromatic carbocycles. The van der Waals surface area contributed by atoms with Crippen molar-refractivity contribution in [3.05, 3.63) is 34.3 Å². The highest BCUT2D eigenvalue weighted by atomic mass is 79.9. The molecule has 0 bridgehead atoms. The summed E-state index contributed by atoms with van der Waals surface area (Å²) >= 11 is 3.50. The molecule has 0 aliphatic carbocycles. The molecule has 1 heterocycles. The molecule has 1 aliphatic rings. The van der Waals surface area contributed by atoms with E-state index in [2.05, 4.69) is 64.7 Å². The summed E-state index contributed by atoms with van der Waals surface area (Å²) in [5.74, 6) is 0.849. The Kier molecular flexibility index (Phi) is 5.43. The number of rotatable bonds is 5. The molecule has 2 nitrogen and oxygen atoms in total. The minimum atomic E-state index is 0.188. The Morgan fingerprint density at radius 3 is 2.47 bits per heavy atom. The number of hydrogen-bond acceptors (Lipinski definition) is 2. The first-order valence-electron chi connectivity index (χ1n) is 7.25. The standard InChI is InChI=1S/C16H25BrN2/c1-16(2,14-3-5-15(17)6-4-14)12-19-11-13-7-9-18-10-8-13/h3-6,13,18-19H,7-12H2,1-2H3. The minimum absolute atomic E-state index is 0.188. The number of piperidine rings is 1. The van der Waals surface area contributed by atoms with E-state index in [0.29, 0.717) is 0 Å². The second kappa shape index (κ2) is 6.87. The number of nitrogens with one attached hydrogen (secondary N) is 2. The van der Waals surface area contributed by atoms with E-state index in [1.807, 2.05) is 0 Å². The lowest BCUT2D eigenvalue weighted by Gasteiger charge is -2.28. The van der Waals surface area contributed by atoms with E-state index in [9.17, 15) is 0 Å². The molecular weight excluding hydrogens is 300 g/mol. The minimum Gasteiger partial charge on any atom is -0.317 e. The Balaban J connectivity index is 1.81. The van der Waals surface area contributed by atoms with Crippen LogP contribution in [-0.4, -0.2) is 26.2 Å². The molecule has 0 saturated carbocycles. The molecule has 106 valence electrons. The first-order valence-corrected chi connectivity index (χ1v) is 8.05. The average molecular weight is 325 g/mol. The molecule has 1 aromatic rings. The van der Waals surface area contributed by atoms with E-state index in [1.165, 1.54) is 31.5 Å². The van der Waals surface area contributed by atoms with Gasteiger partial charge in [0, 0.05) is 16.4 Å². The summed E-state index contributed by atoms with van der Waals surface area (Å²) < 4.78 is 1.15. The molecule has 0 radical (unpaired) electrons. The van der Waals surface area contributed by atoms with Crippen LogP contribution < -0.4 is 10.6 Å². The van der Waals surface area contributed by atoms with Crippen LogP contribution in [0.2, 0.25) is 0 Å². The monoisotopic (exact) mass is 324 g/mol. The fourth-order valence-corrected chi connectivity index (χ4v) is 2.94. The van der Waals surface area contributed by atoms with Gasteiger partial charge in [-0.2, -0.15) is 0 Å². The molecule has 0 unspecified atom stereocenters. The smallest absolute Gasteiger partial charge is 0.0175 e. The van der Waals surface area contributed by atoms with Crippen LogP contribution in [0.4, 0.5) is 0 Å². The molecule has 19 heavy (non-hydrogen) atoms. The first kappa shape index (κ1) is 15.0. The first-order chi connectivity index (χ1) is 9.08. The molecule has 0 amide bonds.